The largest absolute Gasteiger partial charge is 0.423 e. The number of carbonyl (C=O) groups excluding carboxylic acids is 1. The first-order chi connectivity index (χ1) is 8.91. The Labute approximate surface area is 116 Å². The number of hydrogen-bond donors (Lipinski definition) is 0. The van der Waals surface area contributed by atoms with Gasteiger partial charge in [-0.2, -0.15) is 0 Å². The van der Waals surface area contributed by atoms with Crippen molar-refractivity contribution in [2.45, 2.75) is 47.0 Å². The van der Waals surface area contributed by atoms with E-state index < -0.39 is 0 Å². The molecule has 2 heteroatoms. The molecule has 0 radical (unpaired) electrons. The summed E-state index contributed by atoms with van der Waals surface area (Å²) in [5, 5.41) is 0. The average molecular weight is 260 g/mol. The lowest BCUT2D eigenvalue weighted by molar-refractivity contribution is -0.130. The fraction of sp³-hybridized carbons (Fsp3) is 0.471. The van der Waals surface area contributed by atoms with Crippen molar-refractivity contribution in [2.75, 3.05) is 0 Å². The van der Waals surface area contributed by atoms with E-state index >= 15 is 0 Å². The molecular formula is C17H24O2. The van der Waals surface area contributed by atoms with Gasteiger partial charge in [-0.15, -0.1) is 0 Å². The Kier molecular flexibility index (Phi) is 5.81. The van der Waals surface area contributed by atoms with Crippen molar-refractivity contribution in [2.24, 2.45) is 5.92 Å². The van der Waals surface area contributed by atoms with Crippen molar-refractivity contribution in [3.05, 3.63) is 41.5 Å². The first kappa shape index (κ1) is 15.5. The third kappa shape index (κ3) is 4.90. The average Bonchev–Trinajstić information content (AvgIpc) is 2.34. The van der Waals surface area contributed by atoms with E-state index in [1.54, 1.807) is 0 Å². The van der Waals surface area contributed by atoms with Crippen molar-refractivity contribution < 1.29 is 9.53 Å². The molecule has 0 unspecified atom stereocenters. The van der Waals surface area contributed by atoms with Gasteiger partial charge < -0.3 is 4.74 Å². The number of benzene rings is 1. The minimum atomic E-state index is -0.308. The van der Waals surface area contributed by atoms with Gasteiger partial charge in [0.05, 0.1) is 0 Å². The van der Waals surface area contributed by atoms with E-state index in [0.29, 0.717) is 23.7 Å². The Balaban J connectivity index is 2.55. The summed E-state index contributed by atoms with van der Waals surface area (Å²) in [5.74, 6) is 0.982. The van der Waals surface area contributed by atoms with Crippen LogP contribution in [0.2, 0.25) is 0 Å². The van der Waals surface area contributed by atoms with Crippen LogP contribution < -0.4 is 4.74 Å². The molecule has 2 nitrogen and oxygen atoms in total. The molecule has 0 saturated carbocycles. The van der Waals surface area contributed by atoms with Crippen LogP contribution in [0.25, 0.3) is 0 Å². The molecule has 1 rings (SSSR count). The highest BCUT2D eigenvalue weighted by molar-refractivity contribution is 5.89. The van der Waals surface area contributed by atoms with Crippen molar-refractivity contribution >= 4 is 5.97 Å². The van der Waals surface area contributed by atoms with Gasteiger partial charge in [0.1, 0.15) is 5.75 Å². The summed E-state index contributed by atoms with van der Waals surface area (Å²) in [4.78, 5) is 11.9. The van der Waals surface area contributed by atoms with Gasteiger partial charge in [-0.3, -0.25) is 0 Å². The highest BCUT2D eigenvalue weighted by Gasteiger charge is 2.12. The van der Waals surface area contributed by atoms with Crippen LogP contribution in [0.3, 0.4) is 0 Å². The van der Waals surface area contributed by atoms with Crippen LogP contribution >= 0.6 is 0 Å². The molecule has 0 saturated heterocycles. The van der Waals surface area contributed by atoms with Gasteiger partial charge >= 0.3 is 5.97 Å². The topological polar surface area (TPSA) is 26.3 Å². The van der Waals surface area contributed by atoms with Crippen molar-refractivity contribution in [3.8, 4) is 5.75 Å². The molecule has 1 aromatic carbocycles. The lowest BCUT2D eigenvalue weighted by Crippen LogP contribution is -2.11. The summed E-state index contributed by atoms with van der Waals surface area (Å²) >= 11 is 0. The first-order valence-electron chi connectivity index (χ1n) is 6.88. The van der Waals surface area contributed by atoms with E-state index in [4.69, 9.17) is 4.74 Å². The molecule has 0 N–H and O–H groups in total. The molecule has 0 atom stereocenters. The maximum atomic E-state index is 11.9. The number of carbonyl (C=O) groups is 1. The fourth-order valence-electron chi connectivity index (χ4n) is 1.83. The molecule has 0 fully saturated rings. The minimum Gasteiger partial charge on any atom is -0.423 e. The quantitative estimate of drug-likeness (QED) is 0.425. The minimum absolute atomic E-state index is 0.308. The summed E-state index contributed by atoms with van der Waals surface area (Å²) in [7, 11) is 0. The van der Waals surface area contributed by atoms with E-state index in [2.05, 4.69) is 20.4 Å². The Morgan fingerprint density at radius 3 is 2.63 bits per heavy atom. The molecule has 0 aliphatic heterocycles. The molecule has 19 heavy (non-hydrogen) atoms. The lowest BCUT2D eigenvalue weighted by Gasteiger charge is -2.11. The van der Waals surface area contributed by atoms with E-state index in [1.165, 1.54) is 0 Å². The molecule has 1 aromatic rings. The van der Waals surface area contributed by atoms with Gasteiger partial charge in [-0.05, 0) is 49.8 Å². The third-order valence-corrected chi connectivity index (χ3v) is 3.31. The molecule has 0 amide bonds. The zero-order valence-electron chi connectivity index (χ0n) is 12.5. The number of rotatable bonds is 6. The second-order valence-electron chi connectivity index (χ2n) is 5.48. The number of hydrogen-bond acceptors (Lipinski definition) is 2. The number of aryl methyl sites for hydroxylation is 1. The third-order valence-electron chi connectivity index (χ3n) is 3.31. The normalized spacial score (nSPS) is 10.6. The van der Waals surface area contributed by atoms with Gasteiger partial charge in [0, 0.05) is 5.57 Å². The highest BCUT2D eigenvalue weighted by Crippen LogP contribution is 2.22. The van der Waals surface area contributed by atoms with Crippen LogP contribution in [-0.2, 0) is 4.79 Å². The van der Waals surface area contributed by atoms with E-state index in [0.717, 1.165) is 24.0 Å². The summed E-state index contributed by atoms with van der Waals surface area (Å²) in [6.07, 6.45) is 2.80. The summed E-state index contributed by atoms with van der Waals surface area (Å²) in [5.41, 5.74) is 2.68. The predicted octanol–water partition coefficient (Wildman–Crippen LogP) is 4.59. The number of esters is 1. The van der Waals surface area contributed by atoms with Crippen LogP contribution in [0.15, 0.2) is 30.4 Å². The van der Waals surface area contributed by atoms with Gasteiger partial charge in [0.25, 0.3) is 0 Å². The van der Waals surface area contributed by atoms with Crippen LogP contribution in [0, 0.1) is 19.8 Å². The van der Waals surface area contributed by atoms with Gasteiger partial charge in [-0.25, -0.2) is 4.79 Å². The SMILES string of the molecule is C=C(CCCC(C)C)C(=O)Oc1cccc(C)c1C. The molecule has 0 heterocycles. The van der Waals surface area contributed by atoms with Crippen molar-refractivity contribution in [1.82, 2.24) is 0 Å². The Morgan fingerprint density at radius 2 is 2.00 bits per heavy atom. The molecular weight excluding hydrogens is 236 g/mol. The second kappa shape index (κ2) is 7.13. The van der Waals surface area contributed by atoms with E-state index in [1.807, 2.05) is 32.0 Å². The summed E-state index contributed by atoms with van der Waals surface area (Å²) in [6.45, 7) is 12.1. The molecule has 0 bridgehead atoms. The van der Waals surface area contributed by atoms with E-state index in [9.17, 15) is 4.79 Å². The van der Waals surface area contributed by atoms with Crippen LogP contribution in [0.1, 0.15) is 44.2 Å². The maximum Gasteiger partial charge on any atom is 0.338 e. The van der Waals surface area contributed by atoms with Crippen LogP contribution in [-0.4, -0.2) is 5.97 Å². The summed E-state index contributed by atoms with van der Waals surface area (Å²) in [6, 6.07) is 5.72. The smallest absolute Gasteiger partial charge is 0.338 e. The molecule has 0 aliphatic carbocycles. The molecule has 0 aromatic heterocycles. The van der Waals surface area contributed by atoms with Gasteiger partial charge in [0.15, 0.2) is 0 Å². The zero-order valence-corrected chi connectivity index (χ0v) is 12.5. The van der Waals surface area contributed by atoms with Crippen LogP contribution in [0.5, 0.6) is 5.75 Å². The lowest BCUT2D eigenvalue weighted by atomic mass is 10.0. The molecule has 0 spiro atoms. The predicted molar refractivity (Wildman–Crippen MR) is 79.4 cm³/mol. The van der Waals surface area contributed by atoms with Crippen molar-refractivity contribution in [3.63, 3.8) is 0 Å². The number of ether oxygens (including phenoxy) is 1. The standard InChI is InChI=1S/C17H24O2/c1-12(2)8-6-10-14(4)17(18)19-16-11-7-9-13(3)15(16)5/h7,9,11-12H,4,6,8,10H2,1-3,5H3. The zero-order chi connectivity index (χ0) is 14.4. The highest BCUT2D eigenvalue weighted by atomic mass is 16.5. The Hall–Kier alpha value is -1.57. The van der Waals surface area contributed by atoms with E-state index in [-0.39, 0.29) is 5.97 Å². The molecule has 0 aliphatic rings. The molecule has 104 valence electrons. The Morgan fingerprint density at radius 1 is 1.32 bits per heavy atom. The first-order valence-corrected chi connectivity index (χ1v) is 6.88. The van der Waals surface area contributed by atoms with Gasteiger partial charge in [0.2, 0.25) is 0 Å². The van der Waals surface area contributed by atoms with Crippen LogP contribution in [0.4, 0.5) is 0 Å². The maximum absolute atomic E-state index is 11.9. The van der Waals surface area contributed by atoms with Crippen molar-refractivity contribution in [1.29, 1.82) is 0 Å². The summed E-state index contributed by atoms with van der Waals surface area (Å²) < 4.78 is 5.41. The second-order valence-corrected chi connectivity index (χ2v) is 5.48. The Bertz CT molecular complexity index is 458. The monoisotopic (exact) mass is 260 g/mol. The fourth-order valence-corrected chi connectivity index (χ4v) is 1.83. The van der Waals surface area contributed by atoms with Gasteiger partial charge in [-0.1, -0.05) is 39.0 Å².